The summed E-state index contributed by atoms with van der Waals surface area (Å²) >= 11 is 0. The molecule has 1 N–H and O–H groups in total. The van der Waals surface area contributed by atoms with E-state index in [0.717, 1.165) is 18.4 Å². The highest BCUT2D eigenvalue weighted by Crippen LogP contribution is 2.22. The van der Waals surface area contributed by atoms with Crippen LogP contribution in [0.15, 0.2) is 48.5 Å². The summed E-state index contributed by atoms with van der Waals surface area (Å²) in [4.78, 5) is 35.4. The van der Waals surface area contributed by atoms with Crippen LogP contribution in [0.3, 0.4) is 0 Å². The molecular formula is C21H24N2O5. The van der Waals surface area contributed by atoms with Crippen LogP contribution < -0.4 is 5.32 Å². The Balaban J connectivity index is 2.08. The average Bonchev–Trinajstić information content (AvgIpc) is 2.68. The number of amides is 1. The molecular weight excluding hydrogens is 360 g/mol. The number of hydrogen-bond acceptors (Lipinski definition) is 5. The Kier molecular flexibility index (Phi) is 7.26. The minimum atomic E-state index is -1.03. The third-order valence-electron chi connectivity index (χ3n) is 4.47. The molecule has 0 bridgehead atoms. The smallest absolute Gasteiger partial charge is 0.339 e. The first-order chi connectivity index (χ1) is 13.3. The lowest BCUT2D eigenvalue weighted by Gasteiger charge is -2.21. The topological polar surface area (TPSA) is 98.5 Å². The number of carbonyl (C=O) groups excluding carboxylic acids is 2. The molecule has 7 heteroatoms. The zero-order valence-corrected chi connectivity index (χ0v) is 16.2. The quantitative estimate of drug-likeness (QED) is 0.420. The molecule has 0 saturated carbocycles. The average molecular weight is 384 g/mol. The standard InChI is InChI=1S/C21H24N2O5/c1-4-9-18(16-10-6-5-7-11-16)22-20(24)15(3)28-21(25)17-12-8-13-19(14(17)2)23(26)27/h5-8,10-13,15,18H,4,9H2,1-3H3,(H,22,24). The lowest BCUT2D eigenvalue weighted by Crippen LogP contribution is -2.38. The second-order valence-electron chi connectivity index (χ2n) is 6.51. The van der Waals surface area contributed by atoms with Crippen LogP contribution in [0, 0.1) is 17.0 Å². The first kappa shape index (κ1) is 21.1. The van der Waals surface area contributed by atoms with E-state index in [1.165, 1.54) is 32.0 Å². The van der Waals surface area contributed by atoms with E-state index >= 15 is 0 Å². The lowest BCUT2D eigenvalue weighted by molar-refractivity contribution is -0.385. The van der Waals surface area contributed by atoms with Crippen LogP contribution in [0.5, 0.6) is 0 Å². The van der Waals surface area contributed by atoms with Crippen LogP contribution in [0.25, 0.3) is 0 Å². The van der Waals surface area contributed by atoms with Crippen molar-refractivity contribution in [2.24, 2.45) is 0 Å². The number of nitro groups is 1. The third kappa shape index (κ3) is 5.16. The highest BCUT2D eigenvalue weighted by atomic mass is 16.6. The summed E-state index contributed by atoms with van der Waals surface area (Å²) < 4.78 is 5.26. The van der Waals surface area contributed by atoms with E-state index in [1.54, 1.807) is 0 Å². The zero-order chi connectivity index (χ0) is 20.7. The summed E-state index contributed by atoms with van der Waals surface area (Å²) in [6.07, 6.45) is 0.593. The van der Waals surface area contributed by atoms with Gasteiger partial charge in [-0.25, -0.2) is 4.79 Å². The maximum absolute atomic E-state index is 12.5. The Bertz CT molecular complexity index is 851. The van der Waals surface area contributed by atoms with E-state index in [9.17, 15) is 19.7 Å². The molecule has 0 aliphatic carbocycles. The van der Waals surface area contributed by atoms with Crippen molar-refractivity contribution in [1.29, 1.82) is 0 Å². The number of nitro benzene ring substituents is 1. The van der Waals surface area contributed by atoms with Gasteiger partial charge in [0.25, 0.3) is 11.6 Å². The van der Waals surface area contributed by atoms with Gasteiger partial charge in [-0.2, -0.15) is 0 Å². The van der Waals surface area contributed by atoms with Crippen molar-refractivity contribution < 1.29 is 19.2 Å². The van der Waals surface area contributed by atoms with Gasteiger partial charge in [0.1, 0.15) is 0 Å². The van der Waals surface area contributed by atoms with E-state index in [-0.39, 0.29) is 22.9 Å². The maximum atomic E-state index is 12.5. The summed E-state index contributed by atoms with van der Waals surface area (Å²) in [5.74, 6) is -1.19. The predicted molar refractivity (Wildman–Crippen MR) is 105 cm³/mol. The fourth-order valence-corrected chi connectivity index (χ4v) is 2.91. The molecule has 2 atom stereocenters. The van der Waals surface area contributed by atoms with Crippen molar-refractivity contribution in [2.45, 2.75) is 45.8 Å². The number of nitrogens with zero attached hydrogens (tertiary/aromatic N) is 1. The first-order valence-electron chi connectivity index (χ1n) is 9.15. The van der Waals surface area contributed by atoms with Gasteiger partial charge in [0, 0.05) is 11.6 Å². The Morgan fingerprint density at radius 3 is 2.43 bits per heavy atom. The maximum Gasteiger partial charge on any atom is 0.339 e. The molecule has 1 amide bonds. The summed E-state index contributed by atoms with van der Waals surface area (Å²) in [5.41, 5.74) is 1.09. The summed E-state index contributed by atoms with van der Waals surface area (Å²) in [7, 11) is 0. The molecule has 2 aromatic rings. The van der Waals surface area contributed by atoms with Crippen LogP contribution >= 0.6 is 0 Å². The molecule has 2 unspecified atom stereocenters. The van der Waals surface area contributed by atoms with Crippen LogP contribution in [0.1, 0.15) is 54.2 Å². The van der Waals surface area contributed by atoms with Crippen molar-refractivity contribution in [3.63, 3.8) is 0 Å². The minimum absolute atomic E-state index is 0.0713. The van der Waals surface area contributed by atoms with Crippen molar-refractivity contribution in [3.05, 3.63) is 75.3 Å². The Morgan fingerprint density at radius 1 is 1.14 bits per heavy atom. The fourth-order valence-electron chi connectivity index (χ4n) is 2.91. The SMILES string of the molecule is CCCC(NC(=O)C(C)OC(=O)c1cccc([N+](=O)[O-])c1C)c1ccccc1. The van der Waals surface area contributed by atoms with Gasteiger partial charge in [0.2, 0.25) is 0 Å². The number of ether oxygens (including phenoxy) is 1. The zero-order valence-electron chi connectivity index (χ0n) is 16.2. The first-order valence-corrected chi connectivity index (χ1v) is 9.15. The molecule has 2 aromatic carbocycles. The normalized spacial score (nSPS) is 12.7. The summed E-state index contributed by atoms with van der Waals surface area (Å²) in [6, 6.07) is 13.6. The highest BCUT2D eigenvalue weighted by Gasteiger charge is 2.25. The largest absolute Gasteiger partial charge is 0.449 e. The van der Waals surface area contributed by atoms with E-state index in [2.05, 4.69) is 5.32 Å². The number of rotatable bonds is 8. The van der Waals surface area contributed by atoms with E-state index < -0.39 is 22.9 Å². The van der Waals surface area contributed by atoms with E-state index in [1.807, 2.05) is 37.3 Å². The molecule has 28 heavy (non-hydrogen) atoms. The minimum Gasteiger partial charge on any atom is -0.449 e. The van der Waals surface area contributed by atoms with Gasteiger partial charge in [0.05, 0.1) is 16.5 Å². The lowest BCUT2D eigenvalue weighted by atomic mass is 10.0. The number of carbonyl (C=O) groups is 2. The molecule has 0 spiro atoms. The molecule has 0 heterocycles. The van der Waals surface area contributed by atoms with Gasteiger partial charge in [0.15, 0.2) is 6.10 Å². The number of nitrogens with one attached hydrogen (secondary N) is 1. The van der Waals surface area contributed by atoms with Gasteiger partial charge in [-0.1, -0.05) is 49.7 Å². The molecule has 0 aliphatic heterocycles. The molecule has 0 aromatic heterocycles. The second-order valence-corrected chi connectivity index (χ2v) is 6.51. The number of esters is 1. The molecule has 0 fully saturated rings. The van der Waals surface area contributed by atoms with Gasteiger partial charge in [-0.3, -0.25) is 14.9 Å². The van der Waals surface area contributed by atoms with Crippen molar-refractivity contribution in [2.75, 3.05) is 0 Å². The van der Waals surface area contributed by atoms with E-state index in [4.69, 9.17) is 4.74 Å². The summed E-state index contributed by atoms with van der Waals surface area (Å²) in [5, 5.41) is 13.9. The number of hydrogen-bond donors (Lipinski definition) is 1. The second kappa shape index (κ2) is 9.64. The molecule has 7 nitrogen and oxygen atoms in total. The van der Waals surface area contributed by atoms with Gasteiger partial charge in [-0.05, 0) is 31.9 Å². The van der Waals surface area contributed by atoms with Crippen LogP contribution in [0.4, 0.5) is 5.69 Å². The van der Waals surface area contributed by atoms with Crippen LogP contribution in [-0.4, -0.2) is 22.9 Å². The fraction of sp³-hybridized carbons (Fsp3) is 0.333. The monoisotopic (exact) mass is 384 g/mol. The molecule has 2 rings (SSSR count). The Labute approximate surface area is 163 Å². The van der Waals surface area contributed by atoms with Crippen molar-refractivity contribution in [1.82, 2.24) is 5.32 Å². The summed E-state index contributed by atoms with van der Waals surface area (Å²) in [6.45, 7) is 4.98. The van der Waals surface area contributed by atoms with Gasteiger partial charge >= 0.3 is 5.97 Å². The molecule has 0 saturated heterocycles. The predicted octanol–water partition coefficient (Wildman–Crippen LogP) is 4.11. The van der Waals surface area contributed by atoms with Gasteiger partial charge in [-0.15, -0.1) is 0 Å². The van der Waals surface area contributed by atoms with Crippen molar-refractivity contribution in [3.8, 4) is 0 Å². The Morgan fingerprint density at radius 2 is 1.82 bits per heavy atom. The third-order valence-corrected chi connectivity index (χ3v) is 4.47. The number of benzene rings is 2. The van der Waals surface area contributed by atoms with Gasteiger partial charge < -0.3 is 10.1 Å². The van der Waals surface area contributed by atoms with E-state index in [0.29, 0.717) is 0 Å². The molecule has 148 valence electrons. The van der Waals surface area contributed by atoms with Crippen LogP contribution in [-0.2, 0) is 9.53 Å². The van der Waals surface area contributed by atoms with Crippen molar-refractivity contribution >= 4 is 17.6 Å². The van der Waals surface area contributed by atoms with Crippen LogP contribution in [0.2, 0.25) is 0 Å². The highest BCUT2D eigenvalue weighted by molar-refractivity contribution is 5.94. The Hall–Kier alpha value is -3.22. The molecule has 0 radical (unpaired) electrons. The molecule has 0 aliphatic rings.